The van der Waals surface area contributed by atoms with E-state index < -0.39 is 0 Å². The molecular formula is C23H23N5O2. The molecular weight excluding hydrogens is 378 g/mol. The van der Waals surface area contributed by atoms with Crippen molar-refractivity contribution in [2.75, 3.05) is 19.0 Å². The summed E-state index contributed by atoms with van der Waals surface area (Å²) in [6.45, 7) is 3.01. The molecule has 152 valence electrons. The number of fused-ring (bicyclic) bond motifs is 1. The van der Waals surface area contributed by atoms with Crippen molar-refractivity contribution < 1.29 is 9.53 Å². The standard InChI is InChI=1S/C23H23N5O2/c1-16-9-11-17(12-10-16)21-26-19-7-5-13-24-22(19)28(21)15-14-25-23(29)27-18-6-3-4-8-20(18)30-2/h3-13H,14-15H2,1-2H3,(H2,25,27,29). The highest BCUT2D eigenvalue weighted by molar-refractivity contribution is 5.90. The fourth-order valence-electron chi connectivity index (χ4n) is 3.29. The molecule has 0 bridgehead atoms. The third kappa shape index (κ3) is 4.10. The van der Waals surface area contributed by atoms with Crippen LogP contribution in [-0.4, -0.2) is 34.2 Å². The van der Waals surface area contributed by atoms with Gasteiger partial charge in [0.15, 0.2) is 5.65 Å². The Bertz CT molecular complexity index is 1170. The van der Waals surface area contributed by atoms with Crippen LogP contribution in [0.25, 0.3) is 22.6 Å². The zero-order chi connectivity index (χ0) is 20.9. The lowest BCUT2D eigenvalue weighted by Gasteiger charge is -2.12. The van der Waals surface area contributed by atoms with Gasteiger partial charge in [-0.1, -0.05) is 42.0 Å². The number of aromatic nitrogens is 3. The second-order valence-electron chi connectivity index (χ2n) is 6.88. The number of anilines is 1. The summed E-state index contributed by atoms with van der Waals surface area (Å²) in [5.74, 6) is 1.44. The number of rotatable bonds is 6. The highest BCUT2D eigenvalue weighted by Gasteiger charge is 2.14. The SMILES string of the molecule is COc1ccccc1NC(=O)NCCn1c(-c2ccc(C)cc2)nc2cccnc21. The van der Waals surface area contributed by atoms with E-state index in [0.29, 0.717) is 24.5 Å². The van der Waals surface area contributed by atoms with Gasteiger partial charge in [0, 0.05) is 24.8 Å². The maximum absolute atomic E-state index is 12.3. The molecule has 0 saturated heterocycles. The molecule has 4 aromatic rings. The topological polar surface area (TPSA) is 81.1 Å². The zero-order valence-corrected chi connectivity index (χ0v) is 16.9. The summed E-state index contributed by atoms with van der Waals surface area (Å²) < 4.78 is 7.30. The van der Waals surface area contributed by atoms with Gasteiger partial charge in [-0.05, 0) is 31.2 Å². The van der Waals surface area contributed by atoms with Gasteiger partial charge in [0.2, 0.25) is 0 Å². The fourth-order valence-corrected chi connectivity index (χ4v) is 3.29. The quantitative estimate of drug-likeness (QED) is 0.506. The number of amides is 2. The predicted molar refractivity (Wildman–Crippen MR) is 118 cm³/mol. The second kappa shape index (κ2) is 8.65. The fraction of sp³-hybridized carbons (Fsp3) is 0.174. The van der Waals surface area contributed by atoms with Crippen molar-refractivity contribution in [1.82, 2.24) is 19.9 Å². The normalized spacial score (nSPS) is 10.7. The number of ether oxygens (including phenoxy) is 1. The summed E-state index contributed by atoms with van der Waals surface area (Å²) in [6, 6.07) is 19.0. The first kappa shape index (κ1) is 19.4. The lowest BCUT2D eigenvalue weighted by atomic mass is 10.1. The monoisotopic (exact) mass is 401 g/mol. The van der Waals surface area contributed by atoms with Gasteiger partial charge in [-0.2, -0.15) is 0 Å². The van der Waals surface area contributed by atoms with E-state index in [1.807, 2.05) is 28.8 Å². The van der Waals surface area contributed by atoms with Crippen LogP contribution in [0.3, 0.4) is 0 Å². The van der Waals surface area contributed by atoms with Gasteiger partial charge in [-0.3, -0.25) is 0 Å². The van der Waals surface area contributed by atoms with Crippen molar-refractivity contribution in [3.05, 3.63) is 72.4 Å². The lowest BCUT2D eigenvalue weighted by molar-refractivity contribution is 0.251. The number of hydrogen-bond donors (Lipinski definition) is 2. The lowest BCUT2D eigenvalue weighted by Crippen LogP contribution is -2.31. The molecule has 2 N–H and O–H groups in total. The van der Waals surface area contributed by atoms with Crippen LogP contribution in [0, 0.1) is 6.92 Å². The highest BCUT2D eigenvalue weighted by atomic mass is 16.5. The van der Waals surface area contributed by atoms with Crippen molar-refractivity contribution in [1.29, 1.82) is 0 Å². The van der Waals surface area contributed by atoms with Gasteiger partial charge >= 0.3 is 6.03 Å². The molecule has 0 aliphatic carbocycles. The van der Waals surface area contributed by atoms with E-state index in [0.717, 1.165) is 22.6 Å². The Labute approximate surface area is 174 Å². The molecule has 7 nitrogen and oxygen atoms in total. The number of hydrogen-bond acceptors (Lipinski definition) is 4. The molecule has 0 atom stereocenters. The van der Waals surface area contributed by atoms with Gasteiger partial charge in [0.25, 0.3) is 0 Å². The molecule has 2 aromatic heterocycles. The average molecular weight is 401 g/mol. The molecule has 2 amide bonds. The summed E-state index contributed by atoms with van der Waals surface area (Å²) in [5.41, 5.74) is 4.44. The highest BCUT2D eigenvalue weighted by Crippen LogP contribution is 2.24. The van der Waals surface area contributed by atoms with Gasteiger partial charge in [0.05, 0.1) is 12.8 Å². The van der Waals surface area contributed by atoms with Crippen LogP contribution in [0.1, 0.15) is 5.56 Å². The predicted octanol–water partition coefficient (Wildman–Crippen LogP) is 4.24. The number of carbonyl (C=O) groups excluding carboxylic acids is 1. The molecule has 0 aliphatic heterocycles. The maximum Gasteiger partial charge on any atom is 0.319 e. The molecule has 7 heteroatoms. The number of urea groups is 1. The number of imidazole rings is 1. The number of aryl methyl sites for hydroxylation is 1. The minimum absolute atomic E-state index is 0.297. The Hall–Kier alpha value is -3.87. The van der Waals surface area contributed by atoms with Crippen LogP contribution in [0.5, 0.6) is 5.75 Å². The number of nitrogens with one attached hydrogen (secondary N) is 2. The number of carbonyl (C=O) groups is 1. The zero-order valence-electron chi connectivity index (χ0n) is 16.9. The van der Waals surface area contributed by atoms with Gasteiger partial charge in [-0.25, -0.2) is 14.8 Å². The van der Waals surface area contributed by atoms with Crippen LogP contribution in [0.15, 0.2) is 66.9 Å². The first-order valence-electron chi connectivity index (χ1n) is 9.72. The Balaban J connectivity index is 1.50. The van der Waals surface area contributed by atoms with Crippen molar-refractivity contribution in [3.63, 3.8) is 0 Å². The number of pyridine rings is 1. The van der Waals surface area contributed by atoms with Crippen LogP contribution >= 0.6 is 0 Å². The molecule has 4 rings (SSSR count). The smallest absolute Gasteiger partial charge is 0.319 e. The van der Waals surface area contributed by atoms with Crippen molar-refractivity contribution in [2.24, 2.45) is 0 Å². The van der Waals surface area contributed by atoms with E-state index in [4.69, 9.17) is 9.72 Å². The first-order valence-corrected chi connectivity index (χ1v) is 9.72. The van der Waals surface area contributed by atoms with Gasteiger partial charge in [0.1, 0.15) is 17.1 Å². The molecule has 0 unspecified atom stereocenters. The van der Waals surface area contributed by atoms with Crippen molar-refractivity contribution in [3.8, 4) is 17.1 Å². The summed E-state index contributed by atoms with van der Waals surface area (Å²) >= 11 is 0. The molecule has 0 aliphatic rings. The Morgan fingerprint density at radius 2 is 1.87 bits per heavy atom. The van der Waals surface area contributed by atoms with Crippen LogP contribution in [0.4, 0.5) is 10.5 Å². The largest absolute Gasteiger partial charge is 0.495 e. The average Bonchev–Trinajstić information content (AvgIpc) is 3.13. The van der Waals surface area contributed by atoms with E-state index in [9.17, 15) is 4.79 Å². The van der Waals surface area contributed by atoms with Gasteiger partial charge < -0.3 is 19.9 Å². The van der Waals surface area contributed by atoms with E-state index in [1.165, 1.54) is 5.56 Å². The molecule has 2 heterocycles. The molecule has 0 fully saturated rings. The summed E-state index contributed by atoms with van der Waals surface area (Å²) in [7, 11) is 1.57. The molecule has 0 radical (unpaired) electrons. The number of methoxy groups -OCH3 is 1. The third-order valence-electron chi connectivity index (χ3n) is 4.79. The second-order valence-corrected chi connectivity index (χ2v) is 6.88. The van der Waals surface area contributed by atoms with E-state index >= 15 is 0 Å². The number of nitrogens with zero attached hydrogens (tertiary/aromatic N) is 3. The Morgan fingerprint density at radius 3 is 2.67 bits per heavy atom. The van der Waals surface area contributed by atoms with Crippen molar-refractivity contribution in [2.45, 2.75) is 13.5 Å². The third-order valence-corrected chi connectivity index (χ3v) is 4.79. The van der Waals surface area contributed by atoms with Crippen LogP contribution in [0.2, 0.25) is 0 Å². The van der Waals surface area contributed by atoms with Crippen LogP contribution < -0.4 is 15.4 Å². The number of benzene rings is 2. The Kier molecular flexibility index (Phi) is 5.61. The molecule has 30 heavy (non-hydrogen) atoms. The molecule has 0 spiro atoms. The minimum atomic E-state index is -0.297. The Morgan fingerprint density at radius 1 is 1.07 bits per heavy atom. The summed E-state index contributed by atoms with van der Waals surface area (Å²) in [4.78, 5) is 21.6. The van der Waals surface area contributed by atoms with Crippen molar-refractivity contribution >= 4 is 22.9 Å². The van der Waals surface area contributed by atoms with E-state index in [2.05, 4.69) is 46.8 Å². The summed E-state index contributed by atoms with van der Waals surface area (Å²) in [6.07, 6.45) is 1.75. The minimum Gasteiger partial charge on any atom is -0.495 e. The van der Waals surface area contributed by atoms with E-state index in [-0.39, 0.29) is 6.03 Å². The molecule has 2 aromatic carbocycles. The first-order chi connectivity index (χ1) is 14.7. The van der Waals surface area contributed by atoms with Crippen LogP contribution in [-0.2, 0) is 6.54 Å². The molecule has 0 saturated carbocycles. The maximum atomic E-state index is 12.3. The summed E-state index contributed by atoms with van der Waals surface area (Å²) in [5, 5.41) is 5.71. The van der Waals surface area contributed by atoms with E-state index in [1.54, 1.807) is 25.4 Å². The van der Waals surface area contributed by atoms with Gasteiger partial charge in [-0.15, -0.1) is 0 Å². The number of para-hydroxylation sites is 2.